The second kappa shape index (κ2) is 10.0. The number of aryl methyl sites for hydroxylation is 2. The highest BCUT2D eigenvalue weighted by molar-refractivity contribution is 5.78. The molecule has 2 heterocycles. The zero-order chi connectivity index (χ0) is 24.2. The lowest BCUT2D eigenvalue weighted by Gasteiger charge is -2.37. The lowest BCUT2D eigenvalue weighted by atomic mass is 10.1. The Morgan fingerprint density at radius 3 is 2.40 bits per heavy atom. The Kier molecular flexibility index (Phi) is 6.48. The number of hydrogen-bond donors (Lipinski definition) is 0. The molecule has 0 spiro atoms. The van der Waals surface area contributed by atoms with Crippen LogP contribution in [0.4, 0.5) is 5.69 Å². The van der Waals surface area contributed by atoms with Crippen molar-refractivity contribution in [3.05, 3.63) is 83.9 Å². The fraction of sp³-hybridized carbons (Fsp3) is 0.250. The molecule has 1 fully saturated rings. The minimum Gasteiger partial charge on any atom is -0.483 e. The van der Waals surface area contributed by atoms with E-state index in [9.17, 15) is 4.79 Å². The molecular formula is C28H28N4O3. The Labute approximate surface area is 205 Å². The van der Waals surface area contributed by atoms with Crippen molar-refractivity contribution in [2.75, 3.05) is 37.7 Å². The minimum atomic E-state index is -0.0415. The molecule has 1 aliphatic rings. The van der Waals surface area contributed by atoms with Crippen molar-refractivity contribution in [3.8, 4) is 28.7 Å². The van der Waals surface area contributed by atoms with Gasteiger partial charge in [-0.2, -0.15) is 0 Å². The monoisotopic (exact) mass is 468 g/mol. The van der Waals surface area contributed by atoms with Gasteiger partial charge in [-0.3, -0.25) is 4.79 Å². The molecule has 0 aliphatic carbocycles. The SMILES string of the molecule is Cc1ccc(C)c(N2CCN(C(=O)COc3ccccc3-c3nnc(-c4ccccc4)o3)CC2)c1. The average Bonchev–Trinajstić information content (AvgIpc) is 3.40. The second-order valence-electron chi connectivity index (χ2n) is 8.72. The van der Waals surface area contributed by atoms with E-state index < -0.39 is 0 Å². The van der Waals surface area contributed by atoms with E-state index in [1.165, 1.54) is 16.8 Å². The van der Waals surface area contributed by atoms with E-state index in [0.29, 0.717) is 36.2 Å². The van der Waals surface area contributed by atoms with Gasteiger partial charge in [-0.15, -0.1) is 10.2 Å². The Balaban J connectivity index is 1.21. The van der Waals surface area contributed by atoms with Crippen LogP contribution in [0.25, 0.3) is 22.9 Å². The smallest absolute Gasteiger partial charge is 0.260 e. The van der Waals surface area contributed by atoms with Crippen LogP contribution in [0.3, 0.4) is 0 Å². The fourth-order valence-corrected chi connectivity index (χ4v) is 4.29. The van der Waals surface area contributed by atoms with Gasteiger partial charge in [-0.25, -0.2) is 0 Å². The topological polar surface area (TPSA) is 71.7 Å². The molecule has 7 nitrogen and oxygen atoms in total. The lowest BCUT2D eigenvalue weighted by molar-refractivity contribution is -0.133. The first kappa shape index (κ1) is 22.7. The van der Waals surface area contributed by atoms with Gasteiger partial charge in [0, 0.05) is 37.4 Å². The highest BCUT2D eigenvalue weighted by atomic mass is 16.5. The molecule has 1 saturated heterocycles. The molecule has 1 aromatic heterocycles. The minimum absolute atomic E-state index is 0.0316. The molecule has 1 amide bonds. The number of para-hydroxylation sites is 1. The molecule has 178 valence electrons. The Morgan fingerprint density at radius 1 is 0.886 bits per heavy atom. The number of carbonyl (C=O) groups is 1. The van der Waals surface area contributed by atoms with E-state index in [1.54, 1.807) is 0 Å². The van der Waals surface area contributed by atoms with E-state index in [4.69, 9.17) is 9.15 Å². The molecule has 0 radical (unpaired) electrons. The maximum Gasteiger partial charge on any atom is 0.260 e. The molecule has 0 bridgehead atoms. The van der Waals surface area contributed by atoms with Gasteiger partial charge in [0.15, 0.2) is 6.61 Å². The Morgan fingerprint density at radius 2 is 1.60 bits per heavy atom. The van der Waals surface area contributed by atoms with Crippen LogP contribution in [0.15, 0.2) is 77.2 Å². The molecule has 0 N–H and O–H groups in total. The number of aromatic nitrogens is 2. The zero-order valence-corrected chi connectivity index (χ0v) is 20.0. The normalized spacial score (nSPS) is 13.7. The first-order chi connectivity index (χ1) is 17.1. The predicted octanol–water partition coefficient (Wildman–Crippen LogP) is 4.75. The van der Waals surface area contributed by atoms with Crippen LogP contribution in [0.2, 0.25) is 0 Å². The predicted molar refractivity (Wildman–Crippen MR) is 135 cm³/mol. The van der Waals surface area contributed by atoms with Crippen molar-refractivity contribution in [2.24, 2.45) is 0 Å². The molecular weight excluding hydrogens is 440 g/mol. The maximum absolute atomic E-state index is 12.9. The van der Waals surface area contributed by atoms with Crippen molar-refractivity contribution in [3.63, 3.8) is 0 Å². The summed E-state index contributed by atoms with van der Waals surface area (Å²) < 4.78 is 11.8. The van der Waals surface area contributed by atoms with Crippen molar-refractivity contribution < 1.29 is 13.9 Å². The molecule has 0 atom stereocenters. The van der Waals surface area contributed by atoms with Crippen molar-refractivity contribution >= 4 is 11.6 Å². The highest BCUT2D eigenvalue weighted by Crippen LogP contribution is 2.31. The summed E-state index contributed by atoms with van der Waals surface area (Å²) in [7, 11) is 0. The first-order valence-electron chi connectivity index (χ1n) is 11.8. The number of carbonyl (C=O) groups excluding carboxylic acids is 1. The summed E-state index contributed by atoms with van der Waals surface area (Å²) in [6.07, 6.45) is 0. The van der Waals surface area contributed by atoms with E-state index in [1.807, 2.05) is 59.5 Å². The summed E-state index contributed by atoms with van der Waals surface area (Å²) >= 11 is 0. The largest absolute Gasteiger partial charge is 0.483 e. The zero-order valence-electron chi connectivity index (χ0n) is 20.0. The molecule has 5 rings (SSSR count). The summed E-state index contributed by atoms with van der Waals surface area (Å²) in [5.41, 5.74) is 5.26. The van der Waals surface area contributed by atoms with Crippen LogP contribution >= 0.6 is 0 Å². The van der Waals surface area contributed by atoms with Crippen LogP contribution in [-0.2, 0) is 4.79 Å². The number of anilines is 1. The van der Waals surface area contributed by atoms with Crippen LogP contribution in [0, 0.1) is 13.8 Å². The third kappa shape index (κ3) is 5.04. The number of nitrogens with zero attached hydrogens (tertiary/aromatic N) is 4. The van der Waals surface area contributed by atoms with Gasteiger partial charge in [-0.05, 0) is 55.3 Å². The van der Waals surface area contributed by atoms with E-state index in [0.717, 1.165) is 18.7 Å². The van der Waals surface area contributed by atoms with E-state index >= 15 is 0 Å². The van der Waals surface area contributed by atoms with Crippen LogP contribution in [0.5, 0.6) is 5.75 Å². The van der Waals surface area contributed by atoms with Gasteiger partial charge < -0.3 is 19.0 Å². The number of benzene rings is 3. The van der Waals surface area contributed by atoms with Gasteiger partial charge in [0.25, 0.3) is 11.8 Å². The third-order valence-corrected chi connectivity index (χ3v) is 6.25. The number of amides is 1. The van der Waals surface area contributed by atoms with Crippen LogP contribution in [-0.4, -0.2) is 53.8 Å². The Hall–Kier alpha value is -4.13. The molecule has 1 aliphatic heterocycles. The quantitative estimate of drug-likeness (QED) is 0.407. The van der Waals surface area contributed by atoms with Gasteiger partial charge in [0.1, 0.15) is 5.75 Å². The standard InChI is InChI=1S/C28H28N4O3/c1-20-12-13-21(2)24(18-20)31-14-16-32(17-15-31)26(33)19-34-25-11-7-6-10-23(25)28-30-29-27(35-28)22-8-4-3-5-9-22/h3-13,18H,14-17,19H2,1-2H3. The van der Waals surface area contributed by atoms with E-state index in [-0.39, 0.29) is 12.5 Å². The van der Waals surface area contributed by atoms with Crippen LogP contribution < -0.4 is 9.64 Å². The third-order valence-electron chi connectivity index (χ3n) is 6.25. The van der Waals surface area contributed by atoms with Crippen molar-refractivity contribution in [1.29, 1.82) is 0 Å². The first-order valence-corrected chi connectivity index (χ1v) is 11.8. The Bertz CT molecular complexity index is 1310. The lowest BCUT2D eigenvalue weighted by Crippen LogP contribution is -2.50. The maximum atomic E-state index is 12.9. The number of rotatable bonds is 6. The molecule has 0 unspecified atom stereocenters. The van der Waals surface area contributed by atoms with Crippen molar-refractivity contribution in [2.45, 2.75) is 13.8 Å². The second-order valence-corrected chi connectivity index (χ2v) is 8.72. The van der Waals surface area contributed by atoms with Gasteiger partial charge in [0.2, 0.25) is 5.89 Å². The molecule has 4 aromatic rings. The number of hydrogen-bond acceptors (Lipinski definition) is 6. The summed E-state index contributed by atoms with van der Waals surface area (Å²) in [5.74, 6) is 1.30. The van der Waals surface area contributed by atoms with Gasteiger partial charge >= 0.3 is 0 Å². The van der Waals surface area contributed by atoms with Gasteiger partial charge in [0.05, 0.1) is 5.56 Å². The number of piperazine rings is 1. The van der Waals surface area contributed by atoms with Gasteiger partial charge in [-0.1, -0.05) is 42.5 Å². The molecule has 35 heavy (non-hydrogen) atoms. The molecule has 7 heteroatoms. The fourth-order valence-electron chi connectivity index (χ4n) is 4.29. The molecule has 3 aromatic carbocycles. The summed E-state index contributed by atoms with van der Waals surface area (Å²) in [6, 6.07) is 23.5. The molecule has 0 saturated carbocycles. The number of ether oxygens (including phenoxy) is 1. The summed E-state index contributed by atoms with van der Waals surface area (Å²) in [4.78, 5) is 17.1. The van der Waals surface area contributed by atoms with Crippen LogP contribution in [0.1, 0.15) is 11.1 Å². The van der Waals surface area contributed by atoms with E-state index in [2.05, 4.69) is 47.1 Å². The van der Waals surface area contributed by atoms with Crippen molar-refractivity contribution in [1.82, 2.24) is 15.1 Å². The summed E-state index contributed by atoms with van der Waals surface area (Å²) in [5, 5.41) is 8.36. The average molecular weight is 469 g/mol. The highest BCUT2D eigenvalue weighted by Gasteiger charge is 2.23. The summed E-state index contributed by atoms with van der Waals surface area (Å²) in [6.45, 7) is 7.13.